The van der Waals surface area contributed by atoms with E-state index in [0.29, 0.717) is 24.6 Å². The lowest BCUT2D eigenvalue weighted by molar-refractivity contribution is -0.136. The first-order valence-electron chi connectivity index (χ1n) is 8.05. The SMILES string of the molecule is CC=Cc1ccc(OCC(=O)N2CCCC(C(N)=O)C2)c(OC)c1. The maximum atomic E-state index is 12.3. The van der Waals surface area contributed by atoms with E-state index < -0.39 is 0 Å². The van der Waals surface area contributed by atoms with E-state index in [1.54, 1.807) is 18.1 Å². The number of carbonyl (C=O) groups is 2. The lowest BCUT2D eigenvalue weighted by Crippen LogP contribution is -2.45. The number of benzene rings is 1. The van der Waals surface area contributed by atoms with Gasteiger partial charge in [0.2, 0.25) is 5.91 Å². The van der Waals surface area contributed by atoms with Crippen LogP contribution < -0.4 is 15.2 Å². The second kappa shape index (κ2) is 8.38. The first kappa shape index (κ1) is 17.8. The lowest BCUT2D eigenvalue weighted by Gasteiger charge is -2.31. The Hall–Kier alpha value is -2.50. The monoisotopic (exact) mass is 332 g/mol. The Kier molecular flexibility index (Phi) is 6.23. The number of rotatable bonds is 6. The van der Waals surface area contributed by atoms with Crippen molar-refractivity contribution in [3.63, 3.8) is 0 Å². The molecule has 1 fully saturated rings. The van der Waals surface area contributed by atoms with Crippen molar-refractivity contribution in [1.82, 2.24) is 4.90 Å². The van der Waals surface area contributed by atoms with Gasteiger partial charge in [-0.25, -0.2) is 0 Å². The molecule has 0 aliphatic carbocycles. The molecule has 1 heterocycles. The van der Waals surface area contributed by atoms with Crippen molar-refractivity contribution in [3.8, 4) is 11.5 Å². The van der Waals surface area contributed by atoms with Crippen LogP contribution in [0.4, 0.5) is 0 Å². The van der Waals surface area contributed by atoms with E-state index in [4.69, 9.17) is 15.2 Å². The summed E-state index contributed by atoms with van der Waals surface area (Å²) < 4.78 is 10.9. The Morgan fingerprint density at radius 2 is 2.17 bits per heavy atom. The van der Waals surface area contributed by atoms with E-state index in [1.165, 1.54) is 0 Å². The summed E-state index contributed by atoms with van der Waals surface area (Å²) in [4.78, 5) is 25.2. The van der Waals surface area contributed by atoms with E-state index in [1.807, 2.05) is 31.2 Å². The van der Waals surface area contributed by atoms with E-state index in [2.05, 4.69) is 0 Å². The molecule has 0 radical (unpaired) electrons. The van der Waals surface area contributed by atoms with Gasteiger partial charge >= 0.3 is 0 Å². The lowest BCUT2D eigenvalue weighted by atomic mass is 9.97. The highest BCUT2D eigenvalue weighted by Gasteiger charge is 2.27. The topological polar surface area (TPSA) is 81.9 Å². The maximum Gasteiger partial charge on any atom is 0.260 e. The number of likely N-dealkylation sites (tertiary alicyclic amines) is 1. The van der Waals surface area contributed by atoms with Gasteiger partial charge in [0.1, 0.15) is 0 Å². The minimum absolute atomic E-state index is 0.0925. The van der Waals surface area contributed by atoms with Gasteiger partial charge in [-0.3, -0.25) is 9.59 Å². The van der Waals surface area contributed by atoms with E-state index >= 15 is 0 Å². The molecule has 1 aliphatic heterocycles. The zero-order chi connectivity index (χ0) is 17.5. The fraction of sp³-hybridized carbons (Fsp3) is 0.444. The fourth-order valence-corrected chi connectivity index (χ4v) is 2.77. The highest BCUT2D eigenvalue weighted by atomic mass is 16.5. The van der Waals surface area contributed by atoms with Gasteiger partial charge in [-0.05, 0) is 37.5 Å². The van der Waals surface area contributed by atoms with Gasteiger partial charge in [-0.2, -0.15) is 0 Å². The number of nitrogens with zero attached hydrogens (tertiary/aromatic N) is 1. The summed E-state index contributed by atoms with van der Waals surface area (Å²) in [6.45, 7) is 2.84. The Labute approximate surface area is 142 Å². The normalized spacial score (nSPS) is 17.8. The average molecular weight is 332 g/mol. The van der Waals surface area contributed by atoms with E-state index in [0.717, 1.165) is 18.4 Å². The van der Waals surface area contributed by atoms with Crippen LogP contribution in [0.3, 0.4) is 0 Å². The number of piperidine rings is 1. The zero-order valence-electron chi connectivity index (χ0n) is 14.2. The molecule has 6 nitrogen and oxygen atoms in total. The number of carbonyl (C=O) groups excluding carboxylic acids is 2. The summed E-state index contributed by atoms with van der Waals surface area (Å²) in [6.07, 6.45) is 5.40. The molecule has 2 rings (SSSR count). The van der Waals surface area contributed by atoms with Crippen molar-refractivity contribution in [1.29, 1.82) is 0 Å². The molecule has 0 bridgehead atoms. The van der Waals surface area contributed by atoms with Gasteiger partial charge in [0, 0.05) is 13.1 Å². The molecule has 1 atom stereocenters. The third-order valence-electron chi connectivity index (χ3n) is 4.07. The number of hydrogen-bond donors (Lipinski definition) is 1. The Morgan fingerprint density at radius 3 is 2.83 bits per heavy atom. The van der Waals surface area contributed by atoms with Crippen LogP contribution in [0.25, 0.3) is 6.08 Å². The van der Waals surface area contributed by atoms with E-state index in [9.17, 15) is 9.59 Å². The third-order valence-corrected chi connectivity index (χ3v) is 4.07. The summed E-state index contributed by atoms with van der Waals surface area (Å²) in [6, 6.07) is 5.53. The van der Waals surface area contributed by atoms with Gasteiger partial charge in [-0.1, -0.05) is 18.2 Å². The second-order valence-electron chi connectivity index (χ2n) is 5.78. The minimum atomic E-state index is -0.352. The molecule has 0 saturated carbocycles. The van der Waals surface area contributed by atoms with Crippen LogP contribution in [0.5, 0.6) is 11.5 Å². The van der Waals surface area contributed by atoms with E-state index in [-0.39, 0.29) is 24.3 Å². The predicted octanol–water partition coefficient (Wildman–Crippen LogP) is 1.83. The van der Waals surface area contributed by atoms with Crippen LogP contribution in [0.15, 0.2) is 24.3 Å². The van der Waals surface area contributed by atoms with Gasteiger partial charge in [0.25, 0.3) is 5.91 Å². The highest BCUT2D eigenvalue weighted by Crippen LogP contribution is 2.28. The van der Waals surface area contributed by atoms with Crippen LogP contribution in [0, 0.1) is 5.92 Å². The summed E-state index contributed by atoms with van der Waals surface area (Å²) in [5.41, 5.74) is 6.33. The van der Waals surface area contributed by atoms with Crippen molar-refractivity contribution in [2.75, 3.05) is 26.8 Å². The largest absolute Gasteiger partial charge is 0.493 e. The molecular weight excluding hydrogens is 308 g/mol. The summed E-state index contributed by atoms with van der Waals surface area (Å²) >= 11 is 0. The van der Waals surface area contributed by atoms with Crippen LogP contribution in [0.2, 0.25) is 0 Å². The van der Waals surface area contributed by atoms with Crippen LogP contribution >= 0.6 is 0 Å². The van der Waals surface area contributed by atoms with Crippen molar-refractivity contribution in [2.24, 2.45) is 11.7 Å². The number of primary amides is 1. The van der Waals surface area contributed by atoms with Crippen molar-refractivity contribution >= 4 is 17.9 Å². The molecule has 2 amide bonds. The number of hydrogen-bond acceptors (Lipinski definition) is 4. The first-order valence-corrected chi connectivity index (χ1v) is 8.05. The standard InChI is InChI=1S/C18H24N2O4/c1-3-5-13-7-8-15(16(10-13)23-2)24-12-17(21)20-9-4-6-14(11-20)18(19)22/h3,5,7-8,10,14H,4,6,9,11-12H2,1-2H3,(H2,19,22). The third kappa shape index (κ3) is 4.50. The Morgan fingerprint density at radius 1 is 1.38 bits per heavy atom. The second-order valence-corrected chi connectivity index (χ2v) is 5.78. The molecule has 1 unspecified atom stereocenters. The predicted molar refractivity (Wildman–Crippen MR) is 91.7 cm³/mol. The summed E-state index contributed by atoms with van der Waals surface area (Å²) in [5.74, 6) is 0.321. The number of amides is 2. The van der Waals surface area contributed by atoms with Gasteiger partial charge < -0.3 is 20.1 Å². The van der Waals surface area contributed by atoms with Crippen LogP contribution in [-0.2, 0) is 9.59 Å². The van der Waals surface area contributed by atoms with Gasteiger partial charge in [0.05, 0.1) is 13.0 Å². The molecule has 1 aliphatic rings. The first-order chi connectivity index (χ1) is 11.5. The molecule has 1 aromatic carbocycles. The van der Waals surface area contributed by atoms with Gasteiger partial charge in [0.15, 0.2) is 18.1 Å². The number of nitrogens with two attached hydrogens (primary N) is 1. The molecule has 1 saturated heterocycles. The van der Waals surface area contributed by atoms with Gasteiger partial charge in [-0.15, -0.1) is 0 Å². The van der Waals surface area contributed by atoms with Crippen LogP contribution in [-0.4, -0.2) is 43.5 Å². The molecular formula is C18H24N2O4. The molecule has 6 heteroatoms. The average Bonchev–Trinajstić information content (AvgIpc) is 2.60. The van der Waals surface area contributed by atoms with Crippen molar-refractivity contribution < 1.29 is 19.1 Å². The molecule has 0 spiro atoms. The number of ether oxygens (including phenoxy) is 2. The summed E-state index contributed by atoms with van der Waals surface area (Å²) in [5, 5.41) is 0. The minimum Gasteiger partial charge on any atom is -0.493 e. The molecule has 0 aromatic heterocycles. The number of methoxy groups -OCH3 is 1. The summed E-state index contributed by atoms with van der Waals surface area (Å²) in [7, 11) is 1.56. The zero-order valence-corrected chi connectivity index (χ0v) is 14.2. The Balaban J connectivity index is 1.97. The molecule has 130 valence electrons. The fourth-order valence-electron chi connectivity index (χ4n) is 2.77. The van der Waals surface area contributed by atoms with Crippen molar-refractivity contribution in [2.45, 2.75) is 19.8 Å². The Bertz CT molecular complexity index is 627. The quantitative estimate of drug-likeness (QED) is 0.861. The van der Waals surface area contributed by atoms with Crippen molar-refractivity contribution in [3.05, 3.63) is 29.8 Å². The number of allylic oxidation sites excluding steroid dienone is 1. The molecule has 2 N–H and O–H groups in total. The molecule has 24 heavy (non-hydrogen) atoms. The highest BCUT2D eigenvalue weighted by molar-refractivity contribution is 5.81. The smallest absolute Gasteiger partial charge is 0.260 e. The maximum absolute atomic E-state index is 12.3. The molecule has 1 aromatic rings. The van der Waals surface area contributed by atoms with Crippen LogP contribution in [0.1, 0.15) is 25.3 Å².